The van der Waals surface area contributed by atoms with Crippen LogP contribution in [0, 0.1) is 6.92 Å². The van der Waals surface area contributed by atoms with Gasteiger partial charge in [0.25, 0.3) is 5.91 Å². The van der Waals surface area contributed by atoms with Gasteiger partial charge >= 0.3 is 0 Å². The number of benzene rings is 1. The Balaban J connectivity index is 1.74. The smallest absolute Gasteiger partial charge is 0.260 e. The Bertz CT molecular complexity index is 514. The van der Waals surface area contributed by atoms with Crippen LogP contribution in [0.15, 0.2) is 22.7 Å². The van der Waals surface area contributed by atoms with E-state index in [1.807, 2.05) is 25.1 Å². The Labute approximate surface area is 147 Å². The van der Waals surface area contributed by atoms with Crippen molar-refractivity contribution in [3.8, 4) is 5.75 Å². The molecule has 0 aliphatic carbocycles. The average molecular weight is 383 g/mol. The first kappa shape index (κ1) is 18.3. The molecule has 0 spiro atoms. The lowest BCUT2D eigenvalue weighted by molar-refractivity contribution is -0.127. The first-order valence-corrected chi connectivity index (χ1v) is 9.28. The van der Waals surface area contributed by atoms with Gasteiger partial charge in [-0.05, 0) is 73.4 Å². The van der Waals surface area contributed by atoms with Crippen LogP contribution >= 0.6 is 15.9 Å². The number of hydrogen-bond donors (Lipinski definition) is 1. The quantitative estimate of drug-likeness (QED) is 0.818. The minimum atomic E-state index is -0.502. The Morgan fingerprint density at radius 3 is 2.65 bits per heavy atom. The molecule has 1 saturated heterocycles. The lowest BCUT2D eigenvalue weighted by Gasteiger charge is -2.21. The molecule has 23 heavy (non-hydrogen) atoms. The van der Waals surface area contributed by atoms with Gasteiger partial charge in [-0.2, -0.15) is 0 Å². The van der Waals surface area contributed by atoms with Gasteiger partial charge in [-0.15, -0.1) is 0 Å². The number of carbonyl (C=O) groups is 1. The summed E-state index contributed by atoms with van der Waals surface area (Å²) in [6, 6.07) is 5.85. The molecule has 1 fully saturated rings. The van der Waals surface area contributed by atoms with E-state index >= 15 is 0 Å². The van der Waals surface area contributed by atoms with Crippen molar-refractivity contribution in [3.63, 3.8) is 0 Å². The van der Waals surface area contributed by atoms with Crippen LogP contribution < -0.4 is 10.1 Å². The highest BCUT2D eigenvalue weighted by Crippen LogP contribution is 2.26. The van der Waals surface area contributed by atoms with Crippen molar-refractivity contribution in [2.45, 2.75) is 45.6 Å². The van der Waals surface area contributed by atoms with E-state index < -0.39 is 6.10 Å². The Kier molecular flexibility index (Phi) is 7.37. The molecule has 0 saturated carbocycles. The summed E-state index contributed by atoms with van der Waals surface area (Å²) in [7, 11) is 0. The van der Waals surface area contributed by atoms with E-state index in [-0.39, 0.29) is 5.91 Å². The minimum absolute atomic E-state index is 0.0627. The highest BCUT2D eigenvalue weighted by atomic mass is 79.9. The molecule has 1 heterocycles. The molecule has 1 amide bonds. The number of aryl methyl sites for hydroxylation is 1. The van der Waals surface area contributed by atoms with Gasteiger partial charge < -0.3 is 15.0 Å². The third-order valence-electron chi connectivity index (χ3n) is 4.19. The lowest BCUT2D eigenvalue weighted by atomic mass is 10.2. The van der Waals surface area contributed by atoms with Crippen LogP contribution in [-0.4, -0.2) is 43.1 Å². The Morgan fingerprint density at radius 2 is 2.00 bits per heavy atom. The molecule has 0 aromatic heterocycles. The molecule has 128 valence electrons. The van der Waals surface area contributed by atoms with Crippen molar-refractivity contribution in [2.75, 3.05) is 26.2 Å². The van der Waals surface area contributed by atoms with E-state index in [0.717, 1.165) is 29.7 Å². The summed E-state index contributed by atoms with van der Waals surface area (Å²) in [6.45, 7) is 7.71. The zero-order chi connectivity index (χ0) is 16.7. The van der Waals surface area contributed by atoms with E-state index in [1.54, 1.807) is 6.92 Å². The van der Waals surface area contributed by atoms with Gasteiger partial charge in [-0.25, -0.2) is 0 Å². The summed E-state index contributed by atoms with van der Waals surface area (Å²) in [6.07, 6.45) is 4.71. The number of carbonyl (C=O) groups excluding carboxylic acids is 1. The number of hydrogen-bond acceptors (Lipinski definition) is 3. The molecule has 1 aliphatic heterocycles. The van der Waals surface area contributed by atoms with Gasteiger partial charge in [0.05, 0.1) is 4.47 Å². The third-order valence-corrected chi connectivity index (χ3v) is 4.81. The second kappa shape index (κ2) is 9.28. The molecule has 1 N–H and O–H groups in total. The molecule has 0 radical (unpaired) electrons. The zero-order valence-electron chi connectivity index (χ0n) is 14.1. The van der Waals surface area contributed by atoms with Gasteiger partial charge in [-0.1, -0.05) is 18.9 Å². The summed E-state index contributed by atoms with van der Waals surface area (Å²) in [4.78, 5) is 14.6. The number of nitrogens with one attached hydrogen (secondary N) is 1. The monoisotopic (exact) mass is 382 g/mol. The van der Waals surface area contributed by atoms with Crippen molar-refractivity contribution in [2.24, 2.45) is 0 Å². The Hall–Kier alpha value is -1.07. The minimum Gasteiger partial charge on any atom is -0.480 e. The fraction of sp³-hybridized carbons (Fsp3) is 0.611. The molecule has 1 atom stereocenters. The van der Waals surface area contributed by atoms with Crippen LogP contribution in [-0.2, 0) is 4.79 Å². The summed E-state index contributed by atoms with van der Waals surface area (Å²) in [5, 5.41) is 2.98. The maximum Gasteiger partial charge on any atom is 0.260 e. The average Bonchev–Trinajstić information content (AvgIpc) is 2.78. The maximum atomic E-state index is 12.2. The molecule has 5 heteroatoms. The number of halogens is 1. The summed E-state index contributed by atoms with van der Waals surface area (Å²) in [5.74, 6) is 0.637. The van der Waals surface area contributed by atoms with Crippen LogP contribution in [0.3, 0.4) is 0 Å². The predicted octanol–water partition coefficient (Wildman–Crippen LogP) is 3.52. The number of amides is 1. The van der Waals surface area contributed by atoms with Crippen LogP contribution in [0.2, 0.25) is 0 Å². The first-order valence-electron chi connectivity index (χ1n) is 8.49. The normalized spacial score (nSPS) is 17.3. The molecule has 2 rings (SSSR count). The predicted molar refractivity (Wildman–Crippen MR) is 96.9 cm³/mol. The lowest BCUT2D eigenvalue weighted by Crippen LogP contribution is -2.41. The highest BCUT2D eigenvalue weighted by Gasteiger charge is 2.16. The summed E-state index contributed by atoms with van der Waals surface area (Å²) < 4.78 is 6.63. The fourth-order valence-corrected chi connectivity index (χ4v) is 3.37. The number of likely N-dealkylation sites (tertiary alicyclic amines) is 1. The molecule has 1 unspecified atom stereocenters. The van der Waals surface area contributed by atoms with Gasteiger partial charge in [0, 0.05) is 13.1 Å². The molecule has 4 nitrogen and oxygen atoms in total. The van der Waals surface area contributed by atoms with Crippen molar-refractivity contribution >= 4 is 21.8 Å². The van der Waals surface area contributed by atoms with Crippen molar-refractivity contribution in [3.05, 3.63) is 28.2 Å². The van der Waals surface area contributed by atoms with E-state index in [2.05, 4.69) is 26.1 Å². The van der Waals surface area contributed by atoms with Crippen molar-refractivity contribution in [1.82, 2.24) is 10.2 Å². The topological polar surface area (TPSA) is 41.6 Å². The second-order valence-corrected chi connectivity index (χ2v) is 7.10. The fourth-order valence-electron chi connectivity index (χ4n) is 2.79. The molecule has 1 aliphatic rings. The van der Waals surface area contributed by atoms with E-state index in [1.165, 1.54) is 25.7 Å². The maximum absolute atomic E-state index is 12.2. The Morgan fingerprint density at radius 1 is 1.30 bits per heavy atom. The molecular weight excluding hydrogens is 356 g/mol. The van der Waals surface area contributed by atoms with E-state index in [0.29, 0.717) is 12.3 Å². The second-order valence-electron chi connectivity index (χ2n) is 6.24. The molecular formula is C18H27BrN2O2. The van der Waals surface area contributed by atoms with Gasteiger partial charge in [0.15, 0.2) is 6.10 Å². The van der Waals surface area contributed by atoms with Crippen LogP contribution in [0.1, 0.15) is 38.2 Å². The van der Waals surface area contributed by atoms with Gasteiger partial charge in [0.1, 0.15) is 5.75 Å². The molecule has 1 aromatic carbocycles. The largest absolute Gasteiger partial charge is 0.480 e. The van der Waals surface area contributed by atoms with Crippen LogP contribution in [0.4, 0.5) is 0 Å². The van der Waals surface area contributed by atoms with Crippen LogP contribution in [0.5, 0.6) is 5.75 Å². The summed E-state index contributed by atoms with van der Waals surface area (Å²) in [5.41, 5.74) is 1.15. The standard InChI is InChI=1S/C18H27BrN2O2/c1-14-7-8-17(16(19)13-14)23-15(2)18(22)20-9-12-21-10-5-3-4-6-11-21/h7-8,13,15H,3-6,9-12H2,1-2H3,(H,20,22). The molecule has 1 aromatic rings. The SMILES string of the molecule is Cc1ccc(OC(C)C(=O)NCCN2CCCCCC2)c(Br)c1. The van der Waals surface area contributed by atoms with Gasteiger partial charge in [-0.3, -0.25) is 4.79 Å². The number of nitrogens with zero attached hydrogens (tertiary/aromatic N) is 1. The summed E-state index contributed by atoms with van der Waals surface area (Å²) >= 11 is 3.47. The van der Waals surface area contributed by atoms with Gasteiger partial charge in [0.2, 0.25) is 0 Å². The first-order chi connectivity index (χ1) is 11.1. The number of ether oxygens (including phenoxy) is 1. The molecule has 0 bridgehead atoms. The number of rotatable bonds is 6. The van der Waals surface area contributed by atoms with Crippen molar-refractivity contribution in [1.29, 1.82) is 0 Å². The third kappa shape index (κ3) is 6.15. The van der Waals surface area contributed by atoms with E-state index in [4.69, 9.17) is 4.74 Å². The van der Waals surface area contributed by atoms with Crippen molar-refractivity contribution < 1.29 is 9.53 Å². The van der Waals surface area contributed by atoms with E-state index in [9.17, 15) is 4.79 Å². The zero-order valence-corrected chi connectivity index (χ0v) is 15.7. The highest BCUT2D eigenvalue weighted by molar-refractivity contribution is 9.10. The van der Waals surface area contributed by atoms with Crippen LogP contribution in [0.25, 0.3) is 0 Å².